The second-order valence-electron chi connectivity index (χ2n) is 5.20. The zero-order chi connectivity index (χ0) is 13.9. The van der Waals surface area contributed by atoms with Crippen molar-refractivity contribution in [1.82, 2.24) is 4.98 Å². The van der Waals surface area contributed by atoms with Crippen LogP contribution in [0.5, 0.6) is 0 Å². The Kier molecular flexibility index (Phi) is 4.88. The van der Waals surface area contributed by atoms with Crippen LogP contribution < -0.4 is 5.32 Å². The van der Waals surface area contributed by atoms with E-state index in [1.54, 1.807) is 0 Å². The summed E-state index contributed by atoms with van der Waals surface area (Å²) in [6, 6.07) is 2.08. The zero-order valence-corrected chi connectivity index (χ0v) is 12.3. The highest BCUT2D eigenvalue weighted by atomic mass is 16.1. The van der Waals surface area contributed by atoms with Crippen LogP contribution in [0.4, 0.5) is 5.82 Å². The molecule has 0 aromatic carbocycles. The van der Waals surface area contributed by atoms with Gasteiger partial charge in [-0.2, -0.15) is 0 Å². The maximum Gasteiger partial charge on any atom is 0.166 e. The average molecular weight is 248 g/mol. The minimum Gasteiger partial charge on any atom is -0.373 e. The number of nitrogens with one attached hydrogen (secondary N) is 1. The highest BCUT2D eigenvalue weighted by Gasteiger charge is 2.20. The molecule has 0 unspecified atom stereocenters. The van der Waals surface area contributed by atoms with Gasteiger partial charge >= 0.3 is 0 Å². The number of ketones is 1. The zero-order valence-electron chi connectivity index (χ0n) is 12.3. The van der Waals surface area contributed by atoms with Gasteiger partial charge in [-0.25, -0.2) is 4.98 Å². The molecule has 1 rings (SSSR count). The maximum atomic E-state index is 12.1. The van der Waals surface area contributed by atoms with Gasteiger partial charge in [0.15, 0.2) is 5.78 Å². The lowest BCUT2D eigenvalue weighted by molar-refractivity contribution is 0.0987. The molecule has 1 aromatic heterocycles. The van der Waals surface area contributed by atoms with Crippen molar-refractivity contribution in [3.8, 4) is 0 Å². The minimum atomic E-state index is 0.158. The predicted octanol–water partition coefficient (Wildman–Crippen LogP) is 3.96. The first-order valence-corrected chi connectivity index (χ1v) is 6.68. The Morgan fingerprint density at radius 3 is 2.28 bits per heavy atom. The van der Waals surface area contributed by atoms with Gasteiger partial charge in [0, 0.05) is 19.2 Å². The molecule has 0 aliphatic carbocycles. The number of hydrogen-bond acceptors (Lipinski definition) is 3. The van der Waals surface area contributed by atoms with Gasteiger partial charge in [-0.05, 0) is 23.5 Å². The van der Waals surface area contributed by atoms with E-state index in [1.165, 1.54) is 0 Å². The average Bonchev–Trinajstić information content (AvgIpc) is 2.35. The third kappa shape index (κ3) is 2.89. The van der Waals surface area contributed by atoms with Gasteiger partial charge in [-0.15, -0.1) is 0 Å². The highest BCUT2D eigenvalue weighted by molar-refractivity contribution is 6.01. The molecule has 18 heavy (non-hydrogen) atoms. The minimum absolute atomic E-state index is 0.158. The van der Waals surface area contributed by atoms with Gasteiger partial charge in [-0.1, -0.05) is 34.6 Å². The lowest BCUT2D eigenvalue weighted by atomic mass is 9.92. The van der Waals surface area contributed by atoms with Crippen LogP contribution >= 0.6 is 0 Å². The van der Waals surface area contributed by atoms with E-state index in [2.05, 4.69) is 44.1 Å². The first-order chi connectivity index (χ1) is 8.42. The van der Waals surface area contributed by atoms with Crippen molar-refractivity contribution in [3.05, 3.63) is 22.9 Å². The Bertz CT molecular complexity index is 436. The summed E-state index contributed by atoms with van der Waals surface area (Å²) in [6.45, 7) is 10.4. The molecule has 100 valence electrons. The standard InChI is InChI=1S/C15H24N2O/c1-7-13(18)14-11(9(2)3)8-12(10(4)5)17-15(14)16-6/h8-10H,7H2,1-6H3,(H,16,17). The van der Waals surface area contributed by atoms with Crippen LogP contribution in [0.15, 0.2) is 6.07 Å². The van der Waals surface area contributed by atoms with Crippen molar-refractivity contribution in [2.75, 3.05) is 12.4 Å². The summed E-state index contributed by atoms with van der Waals surface area (Å²) in [7, 11) is 1.82. The van der Waals surface area contributed by atoms with E-state index in [-0.39, 0.29) is 5.78 Å². The van der Waals surface area contributed by atoms with Crippen molar-refractivity contribution in [2.45, 2.75) is 52.9 Å². The molecule has 1 N–H and O–H groups in total. The van der Waals surface area contributed by atoms with E-state index >= 15 is 0 Å². The summed E-state index contributed by atoms with van der Waals surface area (Å²) < 4.78 is 0. The van der Waals surface area contributed by atoms with Gasteiger partial charge in [0.25, 0.3) is 0 Å². The molecular weight excluding hydrogens is 224 g/mol. The fraction of sp³-hybridized carbons (Fsp3) is 0.600. The number of nitrogens with zero attached hydrogens (tertiary/aromatic N) is 1. The van der Waals surface area contributed by atoms with Crippen LogP contribution in [-0.4, -0.2) is 17.8 Å². The monoisotopic (exact) mass is 248 g/mol. The first kappa shape index (κ1) is 14.7. The SMILES string of the molecule is CCC(=O)c1c(C(C)C)cc(C(C)C)nc1NC. The summed E-state index contributed by atoms with van der Waals surface area (Å²) in [4.78, 5) is 16.7. The van der Waals surface area contributed by atoms with E-state index in [0.29, 0.717) is 18.3 Å². The van der Waals surface area contributed by atoms with Crippen LogP contribution in [0, 0.1) is 0 Å². The van der Waals surface area contributed by atoms with Crippen molar-refractivity contribution < 1.29 is 4.79 Å². The van der Waals surface area contributed by atoms with Gasteiger partial charge in [0.05, 0.1) is 5.56 Å². The molecule has 0 atom stereocenters. The molecule has 1 aromatic rings. The van der Waals surface area contributed by atoms with Crippen LogP contribution in [0.3, 0.4) is 0 Å². The number of carbonyl (C=O) groups is 1. The molecule has 0 radical (unpaired) electrons. The fourth-order valence-corrected chi connectivity index (χ4v) is 1.99. The molecule has 0 saturated carbocycles. The van der Waals surface area contributed by atoms with Crippen LogP contribution in [-0.2, 0) is 0 Å². The molecule has 0 amide bonds. The van der Waals surface area contributed by atoms with Gasteiger partial charge in [-0.3, -0.25) is 4.79 Å². The van der Waals surface area contributed by atoms with Gasteiger partial charge in [0.1, 0.15) is 5.82 Å². The predicted molar refractivity (Wildman–Crippen MR) is 76.6 cm³/mol. The molecule has 1 heterocycles. The number of anilines is 1. The van der Waals surface area contributed by atoms with Crippen molar-refractivity contribution >= 4 is 11.6 Å². The highest BCUT2D eigenvalue weighted by Crippen LogP contribution is 2.29. The fourth-order valence-electron chi connectivity index (χ4n) is 1.99. The van der Waals surface area contributed by atoms with E-state index in [0.717, 1.165) is 22.6 Å². The van der Waals surface area contributed by atoms with Gasteiger partial charge < -0.3 is 5.32 Å². The number of pyridine rings is 1. The lowest BCUT2D eigenvalue weighted by Crippen LogP contribution is -2.12. The molecular formula is C15H24N2O. The maximum absolute atomic E-state index is 12.1. The third-order valence-electron chi connectivity index (χ3n) is 3.12. The van der Waals surface area contributed by atoms with Crippen LogP contribution in [0.2, 0.25) is 0 Å². The number of Topliss-reactive ketones (excluding diaryl/α,β-unsaturated/α-hetero) is 1. The third-order valence-corrected chi connectivity index (χ3v) is 3.12. The number of rotatable bonds is 5. The molecule has 0 aliphatic rings. The van der Waals surface area contributed by atoms with E-state index in [1.807, 2.05) is 14.0 Å². The summed E-state index contributed by atoms with van der Waals surface area (Å²) in [5.74, 6) is 1.56. The number of carbonyl (C=O) groups excluding carboxylic acids is 1. The Morgan fingerprint density at radius 1 is 1.28 bits per heavy atom. The number of aromatic nitrogens is 1. The summed E-state index contributed by atoms with van der Waals surface area (Å²) in [5.41, 5.74) is 2.90. The lowest BCUT2D eigenvalue weighted by Gasteiger charge is -2.18. The quantitative estimate of drug-likeness (QED) is 0.802. The Morgan fingerprint density at radius 2 is 1.89 bits per heavy atom. The Balaban J connectivity index is 3.51. The van der Waals surface area contributed by atoms with Crippen LogP contribution in [0.25, 0.3) is 0 Å². The summed E-state index contributed by atoms with van der Waals surface area (Å²) in [6.07, 6.45) is 0.511. The summed E-state index contributed by atoms with van der Waals surface area (Å²) in [5, 5.41) is 3.07. The van der Waals surface area contributed by atoms with Gasteiger partial charge in [0.2, 0.25) is 0 Å². The van der Waals surface area contributed by atoms with E-state index < -0.39 is 0 Å². The van der Waals surface area contributed by atoms with Crippen molar-refractivity contribution in [2.24, 2.45) is 0 Å². The second-order valence-corrected chi connectivity index (χ2v) is 5.20. The topological polar surface area (TPSA) is 42.0 Å². The molecule has 3 nitrogen and oxygen atoms in total. The normalized spacial score (nSPS) is 11.1. The summed E-state index contributed by atoms with van der Waals surface area (Å²) >= 11 is 0. The largest absolute Gasteiger partial charge is 0.373 e. The van der Waals surface area contributed by atoms with E-state index in [4.69, 9.17) is 0 Å². The molecule has 0 saturated heterocycles. The molecule has 3 heteroatoms. The van der Waals surface area contributed by atoms with E-state index in [9.17, 15) is 4.79 Å². The van der Waals surface area contributed by atoms with Crippen LogP contribution in [0.1, 0.15) is 74.5 Å². The van der Waals surface area contributed by atoms with Crippen molar-refractivity contribution in [1.29, 1.82) is 0 Å². The smallest absolute Gasteiger partial charge is 0.166 e. The molecule has 0 fully saturated rings. The molecule has 0 bridgehead atoms. The molecule has 0 aliphatic heterocycles. The Labute approximate surface area is 110 Å². The number of hydrogen-bond donors (Lipinski definition) is 1. The first-order valence-electron chi connectivity index (χ1n) is 6.68. The van der Waals surface area contributed by atoms with Crippen molar-refractivity contribution in [3.63, 3.8) is 0 Å². The second kappa shape index (κ2) is 5.98. The Hall–Kier alpha value is -1.38. The molecule has 0 spiro atoms.